The van der Waals surface area contributed by atoms with Crippen molar-refractivity contribution in [3.05, 3.63) is 0 Å². The summed E-state index contributed by atoms with van der Waals surface area (Å²) in [4.78, 5) is 0. The van der Waals surface area contributed by atoms with Gasteiger partial charge in [0.05, 0.1) is 12.6 Å². The van der Waals surface area contributed by atoms with Crippen LogP contribution in [0.1, 0.15) is 19.8 Å². The standard InChI is InChI=1S/C8H20N4O4S/c1-3-4-7(8(9)11-13)12-17(14,15)10-5-6-16-2/h7,10,12-13H,3-6H2,1-2H3,(H2,9,11). The SMILES string of the molecule is CCCC(NS(=O)(=O)NCCOC)C(N)=NO. The number of nitrogens with zero attached hydrogens (tertiary/aromatic N) is 1. The van der Waals surface area contributed by atoms with Crippen molar-refractivity contribution in [1.82, 2.24) is 9.44 Å². The first-order valence-electron chi connectivity index (χ1n) is 5.20. The Morgan fingerprint density at radius 2 is 2.24 bits per heavy atom. The van der Waals surface area contributed by atoms with Crippen LogP contribution in [0.5, 0.6) is 0 Å². The molecular formula is C8H20N4O4S. The third kappa shape index (κ3) is 7.10. The minimum Gasteiger partial charge on any atom is -0.409 e. The van der Waals surface area contributed by atoms with E-state index >= 15 is 0 Å². The van der Waals surface area contributed by atoms with Gasteiger partial charge >= 0.3 is 0 Å². The molecule has 0 saturated heterocycles. The highest BCUT2D eigenvalue weighted by atomic mass is 32.2. The van der Waals surface area contributed by atoms with Gasteiger partial charge in [0.2, 0.25) is 0 Å². The molecule has 1 atom stereocenters. The third-order valence-corrected chi connectivity index (χ3v) is 3.12. The molecule has 0 spiro atoms. The van der Waals surface area contributed by atoms with E-state index in [9.17, 15) is 8.42 Å². The molecule has 8 nitrogen and oxygen atoms in total. The van der Waals surface area contributed by atoms with Gasteiger partial charge in [-0.3, -0.25) is 0 Å². The molecule has 0 bridgehead atoms. The summed E-state index contributed by atoms with van der Waals surface area (Å²) in [6.07, 6.45) is 1.14. The zero-order chi connectivity index (χ0) is 13.3. The fourth-order valence-corrected chi connectivity index (χ4v) is 2.18. The van der Waals surface area contributed by atoms with Crippen molar-refractivity contribution in [2.45, 2.75) is 25.8 Å². The zero-order valence-corrected chi connectivity index (χ0v) is 10.8. The summed E-state index contributed by atoms with van der Waals surface area (Å²) in [6.45, 7) is 2.29. The van der Waals surface area contributed by atoms with Crippen molar-refractivity contribution in [1.29, 1.82) is 0 Å². The van der Waals surface area contributed by atoms with Gasteiger partial charge in [-0.2, -0.15) is 17.9 Å². The van der Waals surface area contributed by atoms with E-state index in [0.717, 1.165) is 0 Å². The quantitative estimate of drug-likeness (QED) is 0.140. The van der Waals surface area contributed by atoms with Crippen molar-refractivity contribution >= 4 is 16.0 Å². The maximum atomic E-state index is 11.5. The predicted octanol–water partition coefficient (Wildman–Crippen LogP) is -1.03. The van der Waals surface area contributed by atoms with Crippen LogP contribution in [0.25, 0.3) is 0 Å². The summed E-state index contributed by atoms with van der Waals surface area (Å²) in [5.41, 5.74) is 5.39. The number of rotatable bonds is 9. The van der Waals surface area contributed by atoms with Crippen LogP contribution in [-0.2, 0) is 14.9 Å². The number of nitrogens with two attached hydrogens (primary N) is 1. The van der Waals surface area contributed by atoms with Crippen LogP contribution in [0.4, 0.5) is 0 Å². The van der Waals surface area contributed by atoms with E-state index < -0.39 is 16.3 Å². The van der Waals surface area contributed by atoms with Gasteiger partial charge in [0.15, 0.2) is 5.84 Å². The van der Waals surface area contributed by atoms with Crippen LogP contribution in [0, 0.1) is 0 Å². The van der Waals surface area contributed by atoms with Gasteiger partial charge in [0, 0.05) is 13.7 Å². The Morgan fingerprint density at radius 1 is 1.59 bits per heavy atom. The van der Waals surface area contributed by atoms with Crippen LogP contribution in [0.3, 0.4) is 0 Å². The average Bonchev–Trinajstić information content (AvgIpc) is 2.27. The molecule has 0 aliphatic rings. The molecule has 102 valence electrons. The van der Waals surface area contributed by atoms with Crippen molar-refractivity contribution in [3.8, 4) is 0 Å². The van der Waals surface area contributed by atoms with Crippen molar-refractivity contribution in [3.63, 3.8) is 0 Å². The molecule has 0 saturated carbocycles. The fourth-order valence-electron chi connectivity index (χ4n) is 1.13. The van der Waals surface area contributed by atoms with E-state index in [2.05, 4.69) is 14.6 Å². The maximum Gasteiger partial charge on any atom is 0.277 e. The first kappa shape index (κ1) is 16.1. The first-order chi connectivity index (χ1) is 7.96. The molecule has 0 radical (unpaired) electrons. The Bertz CT molecular complexity index is 330. The summed E-state index contributed by atoms with van der Waals surface area (Å²) in [6, 6.07) is -0.718. The highest BCUT2D eigenvalue weighted by Gasteiger charge is 2.20. The summed E-state index contributed by atoms with van der Waals surface area (Å²) >= 11 is 0. The number of nitrogens with one attached hydrogen (secondary N) is 2. The van der Waals surface area contributed by atoms with E-state index in [1.165, 1.54) is 7.11 Å². The molecular weight excluding hydrogens is 248 g/mol. The summed E-state index contributed by atoms with van der Waals surface area (Å²) in [7, 11) is -2.21. The lowest BCUT2D eigenvalue weighted by molar-refractivity contribution is 0.204. The second-order valence-electron chi connectivity index (χ2n) is 3.37. The van der Waals surface area contributed by atoms with Crippen LogP contribution < -0.4 is 15.2 Å². The molecule has 0 aromatic carbocycles. The molecule has 0 aliphatic heterocycles. The number of ether oxygens (including phenoxy) is 1. The number of amidine groups is 1. The van der Waals surface area contributed by atoms with E-state index in [-0.39, 0.29) is 19.0 Å². The molecule has 9 heteroatoms. The Kier molecular flexibility index (Phi) is 7.79. The lowest BCUT2D eigenvalue weighted by Gasteiger charge is -2.16. The lowest BCUT2D eigenvalue weighted by Crippen LogP contribution is -2.49. The Hall–Kier alpha value is -0.900. The van der Waals surface area contributed by atoms with Crippen LogP contribution in [0.15, 0.2) is 5.16 Å². The molecule has 0 amide bonds. The number of methoxy groups -OCH3 is 1. The topological polar surface area (TPSA) is 126 Å². The van der Waals surface area contributed by atoms with Gasteiger partial charge in [-0.05, 0) is 6.42 Å². The third-order valence-electron chi connectivity index (χ3n) is 1.95. The molecule has 5 N–H and O–H groups in total. The molecule has 17 heavy (non-hydrogen) atoms. The number of hydrogen-bond donors (Lipinski definition) is 4. The van der Waals surface area contributed by atoms with Crippen molar-refractivity contribution in [2.24, 2.45) is 10.9 Å². The highest BCUT2D eigenvalue weighted by molar-refractivity contribution is 7.87. The fraction of sp³-hybridized carbons (Fsp3) is 0.875. The average molecular weight is 268 g/mol. The Morgan fingerprint density at radius 3 is 2.71 bits per heavy atom. The lowest BCUT2D eigenvalue weighted by atomic mass is 10.2. The minimum atomic E-state index is -3.68. The summed E-state index contributed by atoms with van der Waals surface area (Å²) < 4.78 is 32.4. The molecule has 0 aromatic rings. The molecule has 0 heterocycles. The predicted molar refractivity (Wildman–Crippen MR) is 64.0 cm³/mol. The number of oxime groups is 1. The molecule has 0 aliphatic carbocycles. The van der Waals surface area contributed by atoms with Crippen LogP contribution >= 0.6 is 0 Å². The highest BCUT2D eigenvalue weighted by Crippen LogP contribution is 1.98. The van der Waals surface area contributed by atoms with E-state index in [4.69, 9.17) is 15.7 Å². The minimum absolute atomic E-state index is 0.154. The summed E-state index contributed by atoms with van der Waals surface area (Å²) in [5.74, 6) is -0.163. The largest absolute Gasteiger partial charge is 0.409 e. The Balaban J connectivity index is 4.42. The number of hydrogen-bond acceptors (Lipinski definition) is 5. The zero-order valence-electron chi connectivity index (χ0n) is 10.0. The van der Waals surface area contributed by atoms with Gasteiger partial charge in [0.1, 0.15) is 0 Å². The van der Waals surface area contributed by atoms with Crippen LogP contribution in [-0.4, -0.2) is 45.8 Å². The summed E-state index contributed by atoms with van der Waals surface area (Å²) in [5, 5.41) is 11.3. The van der Waals surface area contributed by atoms with E-state index in [1.807, 2.05) is 6.92 Å². The van der Waals surface area contributed by atoms with Gasteiger partial charge in [-0.15, -0.1) is 0 Å². The normalized spacial score (nSPS) is 14.8. The second kappa shape index (κ2) is 8.23. The molecule has 1 unspecified atom stereocenters. The maximum absolute atomic E-state index is 11.5. The van der Waals surface area contributed by atoms with E-state index in [0.29, 0.717) is 12.8 Å². The van der Waals surface area contributed by atoms with Crippen molar-refractivity contribution in [2.75, 3.05) is 20.3 Å². The Labute approximate surface area is 101 Å². The van der Waals surface area contributed by atoms with Gasteiger partial charge in [0.25, 0.3) is 10.2 Å². The van der Waals surface area contributed by atoms with Crippen LogP contribution in [0.2, 0.25) is 0 Å². The monoisotopic (exact) mass is 268 g/mol. The van der Waals surface area contributed by atoms with E-state index in [1.54, 1.807) is 0 Å². The molecule has 0 rings (SSSR count). The van der Waals surface area contributed by atoms with Crippen molar-refractivity contribution < 1.29 is 18.4 Å². The van der Waals surface area contributed by atoms with Gasteiger partial charge in [-0.1, -0.05) is 18.5 Å². The molecule has 0 aromatic heterocycles. The first-order valence-corrected chi connectivity index (χ1v) is 6.68. The smallest absolute Gasteiger partial charge is 0.277 e. The second-order valence-corrected chi connectivity index (χ2v) is 4.91. The van der Waals surface area contributed by atoms with Gasteiger partial charge < -0.3 is 15.7 Å². The van der Waals surface area contributed by atoms with Gasteiger partial charge in [-0.25, -0.2) is 0 Å². The molecule has 0 fully saturated rings.